The van der Waals surface area contributed by atoms with Crippen LogP contribution in [0.5, 0.6) is 5.75 Å². The molecular formula is C16H17NO3. The molecule has 0 saturated heterocycles. The van der Waals surface area contributed by atoms with Gasteiger partial charge in [0, 0.05) is 11.1 Å². The Kier molecular flexibility index (Phi) is 4.17. The second kappa shape index (κ2) is 5.86. The molecular weight excluding hydrogens is 254 g/mol. The summed E-state index contributed by atoms with van der Waals surface area (Å²) in [6.45, 7) is 1.52. The number of aliphatic hydroxyl groups excluding tert-OH is 1. The Bertz CT molecular complexity index is 635. The lowest BCUT2D eigenvalue weighted by Gasteiger charge is -2.12. The number of hydrogen-bond donors (Lipinski definition) is 2. The van der Waals surface area contributed by atoms with Crippen LogP contribution >= 0.6 is 0 Å². The monoisotopic (exact) mass is 271 g/mol. The van der Waals surface area contributed by atoms with Crippen LogP contribution in [0.2, 0.25) is 0 Å². The molecule has 0 amide bonds. The minimum Gasteiger partial charge on any atom is -0.496 e. The van der Waals surface area contributed by atoms with E-state index < -0.39 is 6.23 Å². The number of methoxy groups -OCH3 is 1. The molecule has 0 heterocycles. The number of Topliss-reactive ketones (excluding diaryl/α,β-unsaturated/α-hetero) is 1. The highest BCUT2D eigenvalue weighted by Crippen LogP contribution is 2.32. The molecule has 2 rings (SSSR count). The lowest BCUT2D eigenvalue weighted by Crippen LogP contribution is -2.08. The van der Waals surface area contributed by atoms with Gasteiger partial charge in [-0.15, -0.1) is 0 Å². The molecule has 2 aromatic rings. The number of rotatable bonds is 4. The standard InChI is InChI=1S/C16H17NO3/c1-10(18)11-6-7-15(20-2)14(9-11)12-4-3-5-13(8-12)16(17)19/h3-9,16,19H,17H2,1-2H3. The molecule has 0 aliphatic rings. The normalized spacial score (nSPS) is 12.0. The Morgan fingerprint density at radius 1 is 1.25 bits per heavy atom. The summed E-state index contributed by atoms with van der Waals surface area (Å²) in [7, 11) is 1.58. The highest BCUT2D eigenvalue weighted by Gasteiger charge is 2.11. The minimum absolute atomic E-state index is 0.0103. The molecule has 0 bridgehead atoms. The Labute approximate surface area is 117 Å². The van der Waals surface area contributed by atoms with Crippen LogP contribution in [0.3, 0.4) is 0 Å². The molecule has 0 fully saturated rings. The van der Waals surface area contributed by atoms with Crippen LogP contribution in [0.4, 0.5) is 0 Å². The average molecular weight is 271 g/mol. The summed E-state index contributed by atoms with van der Waals surface area (Å²) >= 11 is 0. The van der Waals surface area contributed by atoms with Gasteiger partial charge >= 0.3 is 0 Å². The summed E-state index contributed by atoms with van der Waals surface area (Å²) in [5.41, 5.74) is 8.33. The third-order valence-electron chi connectivity index (χ3n) is 3.15. The van der Waals surface area contributed by atoms with Gasteiger partial charge in [-0.1, -0.05) is 18.2 Å². The predicted molar refractivity (Wildman–Crippen MR) is 77.6 cm³/mol. The zero-order valence-electron chi connectivity index (χ0n) is 11.5. The highest BCUT2D eigenvalue weighted by atomic mass is 16.5. The van der Waals surface area contributed by atoms with E-state index in [1.54, 1.807) is 43.5 Å². The van der Waals surface area contributed by atoms with Crippen LogP contribution in [0.25, 0.3) is 11.1 Å². The molecule has 104 valence electrons. The van der Waals surface area contributed by atoms with E-state index in [4.69, 9.17) is 10.5 Å². The molecule has 0 aromatic heterocycles. The fraction of sp³-hybridized carbons (Fsp3) is 0.188. The third kappa shape index (κ3) is 2.87. The summed E-state index contributed by atoms with van der Waals surface area (Å²) in [6, 6.07) is 12.5. The SMILES string of the molecule is COc1ccc(C(C)=O)cc1-c1cccc(C(N)O)c1. The van der Waals surface area contributed by atoms with E-state index in [-0.39, 0.29) is 5.78 Å². The number of nitrogens with two attached hydrogens (primary N) is 1. The second-order valence-electron chi connectivity index (χ2n) is 4.54. The van der Waals surface area contributed by atoms with E-state index in [1.165, 1.54) is 6.92 Å². The molecule has 2 aromatic carbocycles. The van der Waals surface area contributed by atoms with E-state index in [1.807, 2.05) is 6.07 Å². The van der Waals surface area contributed by atoms with Crippen molar-refractivity contribution >= 4 is 5.78 Å². The van der Waals surface area contributed by atoms with Gasteiger partial charge in [-0.3, -0.25) is 4.79 Å². The first-order valence-electron chi connectivity index (χ1n) is 6.26. The number of carbonyl (C=O) groups excluding carboxylic acids is 1. The van der Waals surface area contributed by atoms with Gasteiger partial charge in [0.1, 0.15) is 12.0 Å². The lowest BCUT2D eigenvalue weighted by atomic mass is 9.98. The van der Waals surface area contributed by atoms with Crippen LogP contribution in [0.1, 0.15) is 29.1 Å². The van der Waals surface area contributed by atoms with E-state index in [0.717, 1.165) is 11.1 Å². The van der Waals surface area contributed by atoms with Crippen LogP contribution in [-0.2, 0) is 0 Å². The van der Waals surface area contributed by atoms with Gasteiger partial charge in [0.2, 0.25) is 0 Å². The quantitative estimate of drug-likeness (QED) is 0.662. The predicted octanol–water partition coefficient (Wildman–Crippen LogP) is 2.51. The summed E-state index contributed by atoms with van der Waals surface area (Å²) in [5, 5.41) is 9.46. The first-order chi connectivity index (χ1) is 9.52. The Hall–Kier alpha value is -2.17. The third-order valence-corrected chi connectivity index (χ3v) is 3.15. The first kappa shape index (κ1) is 14.2. The van der Waals surface area contributed by atoms with Gasteiger partial charge in [-0.25, -0.2) is 0 Å². The molecule has 0 aliphatic heterocycles. The molecule has 0 radical (unpaired) electrons. The largest absolute Gasteiger partial charge is 0.496 e. The molecule has 0 aliphatic carbocycles. The van der Waals surface area contributed by atoms with Crippen molar-refractivity contribution in [1.82, 2.24) is 0 Å². The molecule has 4 heteroatoms. The van der Waals surface area contributed by atoms with Crippen LogP contribution in [0, 0.1) is 0 Å². The zero-order valence-corrected chi connectivity index (χ0v) is 11.5. The average Bonchev–Trinajstić information content (AvgIpc) is 2.46. The number of benzene rings is 2. The van der Waals surface area contributed by atoms with Crippen molar-refractivity contribution in [2.75, 3.05) is 7.11 Å². The van der Waals surface area contributed by atoms with Gasteiger partial charge in [0.15, 0.2) is 5.78 Å². The Morgan fingerprint density at radius 2 is 2.00 bits per heavy atom. The van der Waals surface area contributed by atoms with Crippen molar-refractivity contribution in [3.63, 3.8) is 0 Å². The van der Waals surface area contributed by atoms with Gasteiger partial charge in [-0.2, -0.15) is 0 Å². The molecule has 1 unspecified atom stereocenters. The van der Waals surface area contributed by atoms with Crippen molar-refractivity contribution in [3.05, 3.63) is 53.6 Å². The van der Waals surface area contributed by atoms with Crippen LogP contribution in [-0.4, -0.2) is 18.0 Å². The van der Waals surface area contributed by atoms with Crippen molar-refractivity contribution in [2.24, 2.45) is 5.73 Å². The van der Waals surface area contributed by atoms with Gasteiger partial charge < -0.3 is 15.6 Å². The maximum Gasteiger partial charge on any atom is 0.159 e. The summed E-state index contributed by atoms with van der Waals surface area (Å²) in [6.07, 6.45) is -1.03. The van der Waals surface area contributed by atoms with Crippen LogP contribution < -0.4 is 10.5 Å². The molecule has 3 N–H and O–H groups in total. The fourth-order valence-electron chi connectivity index (χ4n) is 2.04. The number of hydrogen-bond acceptors (Lipinski definition) is 4. The van der Waals surface area contributed by atoms with E-state index >= 15 is 0 Å². The lowest BCUT2D eigenvalue weighted by molar-refractivity contribution is 0.101. The number of carbonyl (C=O) groups is 1. The van der Waals surface area contributed by atoms with Crippen molar-refractivity contribution < 1.29 is 14.6 Å². The van der Waals surface area contributed by atoms with Gasteiger partial charge in [-0.05, 0) is 42.3 Å². The molecule has 20 heavy (non-hydrogen) atoms. The topological polar surface area (TPSA) is 72.5 Å². The maximum atomic E-state index is 11.5. The first-order valence-corrected chi connectivity index (χ1v) is 6.26. The highest BCUT2D eigenvalue weighted by molar-refractivity contribution is 5.96. The molecule has 1 atom stereocenters. The summed E-state index contributed by atoms with van der Waals surface area (Å²) in [5.74, 6) is 0.655. The molecule has 0 saturated carbocycles. The van der Waals surface area contributed by atoms with Crippen molar-refractivity contribution in [3.8, 4) is 16.9 Å². The van der Waals surface area contributed by atoms with E-state index in [0.29, 0.717) is 16.9 Å². The van der Waals surface area contributed by atoms with Crippen LogP contribution in [0.15, 0.2) is 42.5 Å². The molecule has 0 spiro atoms. The molecule has 4 nitrogen and oxygen atoms in total. The number of ether oxygens (including phenoxy) is 1. The Morgan fingerprint density at radius 3 is 2.60 bits per heavy atom. The summed E-state index contributed by atoms with van der Waals surface area (Å²) in [4.78, 5) is 11.5. The number of aliphatic hydroxyl groups is 1. The minimum atomic E-state index is -1.03. The number of ketones is 1. The smallest absolute Gasteiger partial charge is 0.159 e. The zero-order chi connectivity index (χ0) is 14.7. The van der Waals surface area contributed by atoms with Crippen molar-refractivity contribution in [2.45, 2.75) is 13.2 Å². The maximum absolute atomic E-state index is 11.5. The van der Waals surface area contributed by atoms with Gasteiger partial charge in [0.25, 0.3) is 0 Å². The Balaban J connectivity index is 2.57. The van der Waals surface area contributed by atoms with E-state index in [9.17, 15) is 9.90 Å². The second-order valence-corrected chi connectivity index (χ2v) is 4.54. The van der Waals surface area contributed by atoms with Gasteiger partial charge in [0.05, 0.1) is 7.11 Å². The fourth-order valence-corrected chi connectivity index (χ4v) is 2.04. The van der Waals surface area contributed by atoms with Crippen molar-refractivity contribution in [1.29, 1.82) is 0 Å². The summed E-state index contributed by atoms with van der Waals surface area (Å²) < 4.78 is 5.33. The van der Waals surface area contributed by atoms with E-state index in [2.05, 4.69) is 0 Å².